The largest absolute Gasteiger partial charge is 0.379 e. The second-order valence-electron chi connectivity index (χ2n) is 12.6. The summed E-state index contributed by atoms with van der Waals surface area (Å²) in [5, 5.41) is 0. The van der Waals surface area contributed by atoms with Crippen molar-refractivity contribution in [1.82, 2.24) is 0 Å². The summed E-state index contributed by atoms with van der Waals surface area (Å²) in [5.74, 6) is 0. The maximum Gasteiger partial charge on any atom is 0.0707 e. The van der Waals surface area contributed by atoms with Gasteiger partial charge in [-0.15, -0.1) is 0 Å². The summed E-state index contributed by atoms with van der Waals surface area (Å²) >= 11 is 0. The van der Waals surface area contributed by atoms with Crippen molar-refractivity contribution >= 4 is 0 Å². The maximum atomic E-state index is 5.49. The van der Waals surface area contributed by atoms with Gasteiger partial charge < -0.3 is 42.6 Å². The fraction of sp³-hybridized carbons (Fsp3) is 1.00. The van der Waals surface area contributed by atoms with Crippen LogP contribution in [-0.4, -0.2) is 116 Å². The Kier molecular flexibility index (Phi) is 35.1. The van der Waals surface area contributed by atoms with E-state index < -0.39 is 0 Å². The van der Waals surface area contributed by atoms with Gasteiger partial charge in [0, 0.05) is 19.8 Å². The zero-order chi connectivity index (χ0) is 32.6. The Bertz CT molecular complexity index is 426. The fourth-order valence-electron chi connectivity index (χ4n) is 2.62. The maximum absolute atomic E-state index is 5.49. The van der Waals surface area contributed by atoms with Crippen LogP contribution >= 0.6 is 0 Å². The molecule has 0 fully saturated rings. The van der Waals surface area contributed by atoms with Gasteiger partial charge in [-0.1, -0.05) is 20.8 Å². The molecule has 0 aliphatic carbocycles. The highest BCUT2D eigenvalue weighted by Gasteiger charge is 2.10. The Morgan fingerprint density at radius 1 is 0.262 bits per heavy atom. The van der Waals surface area contributed by atoms with Crippen LogP contribution in [0.3, 0.4) is 0 Å². The van der Waals surface area contributed by atoms with E-state index >= 15 is 0 Å². The van der Waals surface area contributed by atoms with Crippen molar-refractivity contribution in [2.45, 2.75) is 119 Å². The lowest BCUT2D eigenvalue weighted by Gasteiger charge is -2.19. The Balaban J connectivity index is -0.000000543. The zero-order valence-corrected chi connectivity index (χ0v) is 29.9. The predicted molar refractivity (Wildman–Crippen MR) is 173 cm³/mol. The van der Waals surface area contributed by atoms with Crippen molar-refractivity contribution in [3.8, 4) is 0 Å². The molecule has 0 spiro atoms. The number of rotatable bonds is 24. The SMILES string of the molecule is CCCOCCOCCOC(C)(C)C.CCCOCCOCCOC(C)(C)C.CCCOCCOCCOC(C)(C)C. The molecule has 0 rings (SSSR count). The Morgan fingerprint density at radius 2 is 0.429 bits per heavy atom. The minimum atomic E-state index is -0.0674. The van der Waals surface area contributed by atoms with Gasteiger partial charge in [0.2, 0.25) is 0 Å². The van der Waals surface area contributed by atoms with Gasteiger partial charge in [0.1, 0.15) is 0 Å². The van der Waals surface area contributed by atoms with Gasteiger partial charge in [0.15, 0.2) is 0 Å². The minimum Gasteiger partial charge on any atom is -0.379 e. The first-order chi connectivity index (χ1) is 19.7. The van der Waals surface area contributed by atoms with Gasteiger partial charge in [0.25, 0.3) is 0 Å². The molecule has 9 heteroatoms. The summed E-state index contributed by atoms with van der Waals surface area (Å²) in [4.78, 5) is 0. The van der Waals surface area contributed by atoms with Gasteiger partial charge in [-0.25, -0.2) is 0 Å². The van der Waals surface area contributed by atoms with E-state index in [4.69, 9.17) is 42.6 Å². The lowest BCUT2D eigenvalue weighted by Crippen LogP contribution is -2.22. The Labute approximate surface area is 260 Å². The highest BCUT2D eigenvalue weighted by Crippen LogP contribution is 2.06. The molecule has 0 unspecified atom stereocenters. The molecule has 0 bridgehead atoms. The average Bonchev–Trinajstić information content (AvgIpc) is 2.88. The second-order valence-corrected chi connectivity index (χ2v) is 12.6. The molecule has 258 valence electrons. The van der Waals surface area contributed by atoms with Crippen LogP contribution in [0.4, 0.5) is 0 Å². The summed E-state index contributed by atoms with van der Waals surface area (Å²) in [5.41, 5.74) is -0.202. The lowest BCUT2D eigenvalue weighted by molar-refractivity contribution is -0.0425. The van der Waals surface area contributed by atoms with Gasteiger partial charge in [0.05, 0.1) is 96.1 Å². The summed E-state index contributed by atoms with van der Waals surface area (Å²) in [6.45, 7) is 35.0. The minimum absolute atomic E-state index is 0.0674. The van der Waals surface area contributed by atoms with Crippen LogP contribution in [0.2, 0.25) is 0 Å². The first-order valence-corrected chi connectivity index (χ1v) is 16.1. The van der Waals surface area contributed by atoms with Crippen LogP contribution in [0.25, 0.3) is 0 Å². The van der Waals surface area contributed by atoms with Crippen LogP contribution in [-0.2, 0) is 42.6 Å². The van der Waals surface area contributed by atoms with E-state index in [9.17, 15) is 0 Å². The van der Waals surface area contributed by atoms with E-state index in [2.05, 4.69) is 20.8 Å². The molecule has 0 amide bonds. The fourth-order valence-corrected chi connectivity index (χ4v) is 2.62. The lowest BCUT2D eigenvalue weighted by atomic mass is 10.2. The molecule has 0 saturated carbocycles. The average molecular weight is 613 g/mol. The van der Waals surface area contributed by atoms with Crippen molar-refractivity contribution in [2.24, 2.45) is 0 Å². The molecule has 0 aromatic rings. The molecule has 0 atom stereocenters. The first-order valence-electron chi connectivity index (χ1n) is 16.1. The van der Waals surface area contributed by atoms with Gasteiger partial charge in [-0.3, -0.25) is 0 Å². The molecule has 0 saturated heterocycles. The molecular weight excluding hydrogens is 540 g/mol. The van der Waals surface area contributed by atoms with Crippen LogP contribution in [0, 0.1) is 0 Å². The molecule has 0 aliphatic heterocycles. The van der Waals surface area contributed by atoms with Crippen LogP contribution in [0.1, 0.15) is 102 Å². The van der Waals surface area contributed by atoms with E-state index in [1.165, 1.54) is 0 Å². The van der Waals surface area contributed by atoms with Crippen LogP contribution in [0.15, 0.2) is 0 Å². The van der Waals surface area contributed by atoms with E-state index in [1.54, 1.807) is 0 Å². The Hall–Kier alpha value is -0.360. The third-order valence-corrected chi connectivity index (χ3v) is 4.45. The molecule has 0 aliphatic rings. The number of hydrogen-bond acceptors (Lipinski definition) is 9. The third kappa shape index (κ3) is 55.6. The van der Waals surface area contributed by atoms with Crippen LogP contribution < -0.4 is 0 Å². The third-order valence-electron chi connectivity index (χ3n) is 4.45. The summed E-state index contributed by atoms with van der Waals surface area (Å²) in [7, 11) is 0. The number of ether oxygens (including phenoxy) is 9. The predicted octanol–water partition coefficient (Wildman–Crippen LogP) is 6.73. The standard InChI is InChI=1S/3C11H24O3/c3*1-5-6-12-7-8-13-9-10-14-11(2,3)4/h3*5-10H2,1-4H3. The molecule has 0 N–H and O–H groups in total. The van der Waals surface area contributed by atoms with E-state index in [-0.39, 0.29) is 16.8 Å². The van der Waals surface area contributed by atoms with Gasteiger partial charge in [-0.2, -0.15) is 0 Å². The molecule has 0 aromatic carbocycles. The second kappa shape index (κ2) is 32.0. The molecular formula is C33H72O9. The first kappa shape index (κ1) is 46.1. The topological polar surface area (TPSA) is 83.1 Å². The summed E-state index contributed by atoms with van der Waals surface area (Å²) < 4.78 is 48.2. The molecule has 0 aromatic heterocycles. The van der Waals surface area contributed by atoms with Gasteiger partial charge in [-0.05, 0) is 81.6 Å². The quantitative estimate of drug-likeness (QED) is 0.110. The highest BCUT2D eigenvalue weighted by atomic mass is 16.6. The molecule has 9 nitrogen and oxygen atoms in total. The van der Waals surface area contributed by atoms with Crippen molar-refractivity contribution in [3.63, 3.8) is 0 Å². The normalized spacial score (nSPS) is 12.0. The van der Waals surface area contributed by atoms with Crippen molar-refractivity contribution < 1.29 is 42.6 Å². The monoisotopic (exact) mass is 613 g/mol. The number of hydrogen-bond donors (Lipinski definition) is 0. The van der Waals surface area contributed by atoms with Crippen molar-refractivity contribution in [3.05, 3.63) is 0 Å². The van der Waals surface area contributed by atoms with Crippen molar-refractivity contribution in [1.29, 1.82) is 0 Å². The van der Waals surface area contributed by atoms with Gasteiger partial charge >= 0.3 is 0 Å². The Morgan fingerprint density at radius 3 is 0.595 bits per heavy atom. The zero-order valence-electron chi connectivity index (χ0n) is 29.9. The molecule has 42 heavy (non-hydrogen) atoms. The molecule has 0 radical (unpaired) electrons. The summed E-state index contributed by atoms with van der Waals surface area (Å²) in [6, 6.07) is 0. The van der Waals surface area contributed by atoms with E-state index in [0.717, 1.165) is 39.1 Å². The highest BCUT2D eigenvalue weighted by molar-refractivity contribution is 4.59. The van der Waals surface area contributed by atoms with Crippen molar-refractivity contribution in [2.75, 3.05) is 99.1 Å². The van der Waals surface area contributed by atoms with E-state index in [0.29, 0.717) is 79.3 Å². The molecule has 0 heterocycles. The summed E-state index contributed by atoms with van der Waals surface area (Å²) in [6.07, 6.45) is 3.19. The smallest absolute Gasteiger partial charge is 0.0707 e. The van der Waals surface area contributed by atoms with E-state index in [1.807, 2.05) is 62.3 Å². The van der Waals surface area contributed by atoms with Crippen LogP contribution in [0.5, 0.6) is 0 Å².